The van der Waals surface area contributed by atoms with Gasteiger partial charge in [-0.1, -0.05) is 0 Å². The SMILES string of the molecule is N#CCc1c[nH]c2c(Br)c(F)ccc12. The van der Waals surface area contributed by atoms with E-state index in [2.05, 4.69) is 27.0 Å². The van der Waals surface area contributed by atoms with E-state index in [1.165, 1.54) is 6.07 Å². The summed E-state index contributed by atoms with van der Waals surface area (Å²) in [5.74, 6) is -0.303. The minimum absolute atomic E-state index is 0.303. The molecule has 1 N–H and O–H groups in total. The summed E-state index contributed by atoms with van der Waals surface area (Å²) in [4.78, 5) is 2.94. The van der Waals surface area contributed by atoms with Gasteiger partial charge in [-0.3, -0.25) is 0 Å². The van der Waals surface area contributed by atoms with Gasteiger partial charge in [0.1, 0.15) is 5.82 Å². The summed E-state index contributed by atoms with van der Waals surface area (Å²) >= 11 is 3.16. The van der Waals surface area contributed by atoms with E-state index >= 15 is 0 Å². The van der Waals surface area contributed by atoms with Crippen molar-refractivity contribution in [2.24, 2.45) is 0 Å². The summed E-state index contributed by atoms with van der Waals surface area (Å²) in [6, 6.07) is 5.14. The van der Waals surface area contributed by atoms with Crippen molar-refractivity contribution >= 4 is 26.8 Å². The van der Waals surface area contributed by atoms with E-state index in [-0.39, 0.29) is 5.82 Å². The van der Waals surface area contributed by atoms with Crippen LogP contribution in [0.5, 0.6) is 0 Å². The number of hydrogen-bond donors (Lipinski definition) is 1. The highest BCUT2D eigenvalue weighted by molar-refractivity contribution is 9.10. The molecular weight excluding hydrogens is 247 g/mol. The number of rotatable bonds is 1. The Bertz CT molecular complexity index is 525. The number of nitrogens with zero attached hydrogens (tertiary/aromatic N) is 1. The van der Waals surface area contributed by atoms with Crippen LogP contribution < -0.4 is 0 Å². The lowest BCUT2D eigenvalue weighted by atomic mass is 10.1. The first-order chi connectivity index (χ1) is 6.74. The second-order valence-electron chi connectivity index (χ2n) is 2.93. The Kier molecular flexibility index (Phi) is 2.26. The lowest BCUT2D eigenvalue weighted by Crippen LogP contribution is -1.80. The molecule has 1 aromatic carbocycles. The first-order valence-electron chi connectivity index (χ1n) is 4.05. The molecule has 70 valence electrons. The number of aromatic nitrogens is 1. The number of fused-ring (bicyclic) bond motifs is 1. The highest BCUT2D eigenvalue weighted by Gasteiger charge is 2.09. The topological polar surface area (TPSA) is 39.6 Å². The monoisotopic (exact) mass is 252 g/mol. The third-order valence-corrected chi connectivity index (χ3v) is 2.88. The van der Waals surface area contributed by atoms with Gasteiger partial charge in [0.05, 0.1) is 22.5 Å². The number of hydrogen-bond acceptors (Lipinski definition) is 1. The fourth-order valence-electron chi connectivity index (χ4n) is 1.43. The van der Waals surface area contributed by atoms with Gasteiger partial charge in [-0.2, -0.15) is 5.26 Å². The van der Waals surface area contributed by atoms with E-state index in [4.69, 9.17) is 5.26 Å². The summed E-state index contributed by atoms with van der Waals surface area (Å²) in [5.41, 5.74) is 1.60. The summed E-state index contributed by atoms with van der Waals surface area (Å²) in [5, 5.41) is 9.46. The van der Waals surface area contributed by atoms with Crippen molar-refractivity contribution in [3.8, 4) is 6.07 Å². The van der Waals surface area contributed by atoms with Crippen LogP contribution in [-0.2, 0) is 6.42 Å². The summed E-state index contributed by atoms with van der Waals surface area (Å²) in [6.07, 6.45) is 2.07. The third kappa shape index (κ3) is 1.30. The molecule has 0 amide bonds. The smallest absolute Gasteiger partial charge is 0.139 e. The molecule has 0 fully saturated rings. The van der Waals surface area contributed by atoms with Gasteiger partial charge in [0.15, 0.2) is 0 Å². The summed E-state index contributed by atoms with van der Waals surface area (Å²) in [7, 11) is 0. The van der Waals surface area contributed by atoms with E-state index in [9.17, 15) is 4.39 Å². The molecule has 0 spiro atoms. The minimum atomic E-state index is -0.303. The van der Waals surface area contributed by atoms with Gasteiger partial charge in [0, 0.05) is 11.6 Å². The van der Waals surface area contributed by atoms with Crippen molar-refractivity contribution in [1.29, 1.82) is 5.26 Å². The Hall–Kier alpha value is -1.34. The van der Waals surface area contributed by atoms with Gasteiger partial charge in [-0.05, 0) is 33.6 Å². The fourth-order valence-corrected chi connectivity index (χ4v) is 1.89. The lowest BCUT2D eigenvalue weighted by Gasteiger charge is -1.96. The number of H-pyrrole nitrogens is 1. The molecule has 0 bridgehead atoms. The second kappa shape index (κ2) is 3.43. The van der Waals surface area contributed by atoms with Crippen molar-refractivity contribution in [3.63, 3.8) is 0 Å². The average molecular weight is 253 g/mol. The van der Waals surface area contributed by atoms with Gasteiger partial charge < -0.3 is 4.98 Å². The van der Waals surface area contributed by atoms with Gasteiger partial charge >= 0.3 is 0 Å². The Morgan fingerprint density at radius 2 is 2.29 bits per heavy atom. The van der Waals surface area contributed by atoms with Crippen LogP contribution in [0.4, 0.5) is 4.39 Å². The maximum atomic E-state index is 13.1. The van der Waals surface area contributed by atoms with Gasteiger partial charge in [0.2, 0.25) is 0 Å². The molecule has 2 nitrogen and oxygen atoms in total. The predicted octanol–water partition coefficient (Wildman–Crippen LogP) is 3.14. The van der Waals surface area contributed by atoms with Crippen LogP contribution in [0, 0.1) is 17.1 Å². The van der Waals surface area contributed by atoms with E-state index < -0.39 is 0 Å². The van der Waals surface area contributed by atoms with E-state index in [0.717, 1.165) is 10.9 Å². The zero-order chi connectivity index (χ0) is 10.1. The van der Waals surface area contributed by atoms with E-state index in [1.807, 2.05) is 0 Å². The molecule has 0 aliphatic rings. The van der Waals surface area contributed by atoms with Crippen LogP contribution >= 0.6 is 15.9 Å². The molecule has 1 aromatic heterocycles. The molecule has 0 radical (unpaired) electrons. The third-order valence-electron chi connectivity index (χ3n) is 2.10. The minimum Gasteiger partial charge on any atom is -0.360 e. The number of nitrogens with one attached hydrogen (secondary N) is 1. The van der Waals surface area contributed by atoms with Crippen LogP contribution in [0.15, 0.2) is 22.8 Å². The molecule has 0 saturated carbocycles. The maximum absolute atomic E-state index is 13.1. The second-order valence-corrected chi connectivity index (χ2v) is 3.73. The summed E-state index contributed by atoms with van der Waals surface area (Å²) in [6.45, 7) is 0. The fraction of sp³-hybridized carbons (Fsp3) is 0.100. The van der Waals surface area contributed by atoms with Crippen molar-refractivity contribution in [1.82, 2.24) is 4.98 Å². The Morgan fingerprint density at radius 3 is 3.00 bits per heavy atom. The molecule has 2 aromatic rings. The zero-order valence-corrected chi connectivity index (χ0v) is 8.73. The van der Waals surface area contributed by atoms with Gasteiger partial charge in [0.25, 0.3) is 0 Å². The maximum Gasteiger partial charge on any atom is 0.139 e. The predicted molar refractivity (Wildman–Crippen MR) is 55.3 cm³/mol. The highest BCUT2D eigenvalue weighted by atomic mass is 79.9. The van der Waals surface area contributed by atoms with E-state index in [1.54, 1.807) is 12.3 Å². The molecule has 4 heteroatoms. The molecule has 2 rings (SSSR count). The highest BCUT2D eigenvalue weighted by Crippen LogP contribution is 2.28. The lowest BCUT2D eigenvalue weighted by molar-refractivity contribution is 0.623. The molecule has 0 aliphatic carbocycles. The molecule has 1 heterocycles. The molecular formula is C10H6BrFN2. The van der Waals surface area contributed by atoms with Crippen LogP contribution in [0.2, 0.25) is 0 Å². The molecule has 0 aliphatic heterocycles. The Labute approximate surface area is 88.5 Å². The molecule has 0 unspecified atom stereocenters. The normalized spacial score (nSPS) is 10.4. The summed E-state index contributed by atoms with van der Waals surface area (Å²) < 4.78 is 13.5. The van der Waals surface area contributed by atoms with Crippen molar-refractivity contribution in [2.45, 2.75) is 6.42 Å². The Balaban J connectivity index is 2.72. The van der Waals surface area contributed by atoms with Gasteiger partial charge in [-0.15, -0.1) is 0 Å². The quantitative estimate of drug-likeness (QED) is 0.833. The number of nitriles is 1. The number of aromatic amines is 1. The van der Waals surface area contributed by atoms with E-state index in [0.29, 0.717) is 16.4 Å². The van der Waals surface area contributed by atoms with Crippen molar-refractivity contribution in [2.75, 3.05) is 0 Å². The first kappa shape index (κ1) is 9.22. The van der Waals surface area contributed by atoms with Crippen molar-refractivity contribution in [3.05, 3.63) is 34.2 Å². The Morgan fingerprint density at radius 1 is 1.50 bits per heavy atom. The number of halogens is 2. The zero-order valence-electron chi connectivity index (χ0n) is 7.14. The van der Waals surface area contributed by atoms with Crippen molar-refractivity contribution < 1.29 is 4.39 Å². The number of benzene rings is 1. The standard InChI is InChI=1S/C10H6BrFN2/c11-9-8(12)2-1-7-6(3-4-13)5-14-10(7)9/h1-2,5,14H,3H2. The van der Waals surface area contributed by atoms with Crippen LogP contribution in [0.3, 0.4) is 0 Å². The van der Waals surface area contributed by atoms with Crippen LogP contribution in [0.1, 0.15) is 5.56 Å². The molecule has 0 saturated heterocycles. The van der Waals surface area contributed by atoms with Crippen LogP contribution in [-0.4, -0.2) is 4.98 Å². The largest absolute Gasteiger partial charge is 0.360 e. The molecule has 14 heavy (non-hydrogen) atoms. The van der Waals surface area contributed by atoms with Crippen LogP contribution in [0.25, 0.3) is 10.9 Å². The molecule has 0 atom stereocenters. The van der Waals surface area contributed by atoms with Gasteiger partial charge in [-0.25, -0.2) is 4.39 Å². The first-order valence-corrected chi connectivity index (χ1v) is 4.84. The average Bonchev–Trinajstić information content (AvgIpc) is 2.57.